The predicted molar refractivity (Wildman–Crippen MR) is 101 cm³/mol. The van der Waals surface area contributed by atoms with Crippen LogP contribution in [-0.2, 0) is 9.53 Å². The molecule has 1 N–H and O–H groups in total. The first kappa shape index (κ1) is 19.0. The molecule has 4 nitrogen and oxygen atoms in total. The molecule has 0 spiro atoms. The van der Waals surface area contributed by atoms with Gasteiger partial charge in [0.1, 0.15) is 11.6 Å². The van der Waals surface area contributed by atoms with E-state index < -0.39 is 11.6 Å². The van der Waals surface area contributed by atoms with E-state index in [1.807, 2.05) is 25.1 Å². The highest BCUT2D eigenvalue weighted by Crippen LogP contribution is 2.21. The summed E-state index contributed by atoms with van der Waals surface area (Å²) in [5.74, 6) is -1.70. The SMILES string of the molecule is CC(NC(=O)C=Cc1ccc(F)cc1F)c1cccc(N2CCOCC2)c1. The van der Waals surface area contributed by atoms with Crippen LogP contribution in [-0.4, -0.2) is 32.2 Å². The maximum atomic E-state index is 13.6. The van der Waals surface area contributed by atoms with Crippen molar-refractivity contribution in [1.29, 1.82) is 0 Å². The summed E-state index contributed by atoms with van der Waals surface area (Å²) in [6.45, 7) is 5.00. The van der Waals surface area contributed by atoms with Crippen LogP contribution in [0.25, 0.3) is 6.08 Å². The summed E-state index contributed by atoms with van der Waals surface area (Å²) in [6, 6.07) is 11.0. The van der Waals surface area contributed by atoms with Crippen LogP contribution < -0.4 is 10.2 Å². The van der Waals surface area contributed by atoms with E-state index >= 15 is 0 Å². The lowest BCUT2D eigenvalue weighted by atomic mass is 10.1. The van der Waals surface area contributed by atoms with Crippen molar-refractivity contribution in [2.75, 3.05) is 31.2 Å². The van der Waals surface area contributed by atoms with Crippen molar-refractivity contribution in [2.24, 2.45) is 0 Å². The summed E-state index contributed by atoms with van der Waals surface area (Å²) in [7, 11) is 0. The fraction of sp³-hybridized carbons (Fsp3) is 0.286. The zero-order chi connectivity index (χ0) is 19.2. The molecule has 1 heterocycles. The monoisotopic (exact) mass is 372 g/mol. The largest absolute Gasteiger partial charge is 0.378 e. The van der Waals surface area contributed by atoms with Crippen molar-refractivity contribution in [3.63, 3.8) is 0 Å². The first-order valence-corrected chi connectivity index (χ1v) is 8.89. The van der Waals surface area contributed by atoms with Crippen molar-refractivity contribution in [3.8, 4) is 0 Å². The topological polar surface area (TPSA) is 41.6 Å². The number of rotatable bonds is 5. The number of nitrogens with zero attached hydrogens (tertiary/aromatic N) is 1. The maximum Gasteiger partial charge on any atom is 0.244 e. The summed E-state index contributed by atoms with van der Waals surface area (Å²) < 4.78 is 31.9. The highest BCUT2D eigenvalue weighted by molar-refractivity contribution is 5.92. The van der Waals surface area contributed by atoms with Crippen LogP contribution in [0.15, 0.2) is 48.5 Å². The van der Waals surface area contributed by atoms with Gasteiger partial charge in [0.05, 0.1) is 19.3 Å². The highest BCUT2D eigenvalue weighted by Gasteiger charge is 2.14. The van der Waals surface area contributed by atoms with E-state index in [0.29, 0.717) is 13.2 Å². The third-order valence-electron chi connectivity index (χ3n) is 4.48. The van der Waals surface area contributed by atoms with Crippen LogP contribution in [0.5, 0.6) is 0 Å². The van der Waals surface area contributed by atoms with Crippen LogP contribution in [0, 0.1) is 11.6 Å². The van der Waals surface area contributed by atoms with Gasteiger partial charge in [0.25, 0.3) is 0 Å². The lowest BCUT2D eigenvalue weighted by molar-refractivity contribution is -0.117. The number of hydrogen-bond donors (Lipinski definition) is 1. The number of carbonyl (C=O) groups is 1. The van der Waals surface area contributed by atoms with E-state index in [2.05, 4.69) is 16.3 Å². The van der Waals surface area contributed by atoms with Crippen LogP contribution in [0.3, 0.4) is 0 Å². The summed E-state index contributed by atoms with van der Waals surface area (Å²) in [4.78, 5) is 14.4. The molecule has 142 valence electrons. The number of benzene rings is 2. The van der Waals surface area contributed by atoms with E-state index in [1.165, 1.54) is 18.2 Å². The van der Waals surface area contributed by atoms with E-state index in [-0.39, 0.29) is 17.5 Å². The second-order valence-electron chi connectivity index (χ2n) is 6.42. The zero-order valence-electron chi connectivity index (χ0n) is 15.1. The molecule has 2 aromatic rings. The van der Waals surface area contributed by atoms with Gasteiger partial charge in [-0.1, -0.05) is 12.1 Å². The van der Waals surface area contributed by atoms with Crippen LogP contribution in [0.4, 0.5) is 14.5 Å². The summed E-state index contributed by atoms with van der Waals surface area (Å²) >= 11 is 0. The van der Waals surface area contributed by atoms with Gasteiger partial charge >= 0.3 is 0 Å². The van der Waals surface area contributed by atoms with Gasteiger partial charge in [-0.3, -0.25) is 4.79 Å². The van der Waals surface area contributed by atoms with Crippen molar-refractivity contribution < 1.29 is 18.3 Å². The second-order valence-corrected chi connectivity index (χ2v) is 6.42. The summed E-state index contributed by atoms with van der Waals surface area (Å²) in [6.07, 6.45) is 2.58. The van der Waals surface area contributed by atoms with Gasteiger partial charge in [-0.15, -0.1) is 0 Å². The molecule has 1 fully saturated rings. The smallest absolute Gasteiger partial charge is 0.244 e. The standard InChI is InChI=1S/C21H22F2N2O2/c1-15(17-3-2-4-19(13-17)25-9-11-27-12-10-25)24-21(26)8-6-16-5-7-18(22)14-20(16)23/h2-8,13-15H,9-12H2,1H3,(H,24,26). The van der Waals surface area contributed by atoms with Crippen molar-refractivity contribution in [2.45, 2.75) is 13.0 Å². The van der Waals surface area contributed by atoms with Crippen molar-refractivity contribution in [1.82, 2.24) is 5.32 Å². The molecular weight excluding hydrogens is 350 g/mol. The van der Waals surface area contributed by atoms with E-state index in [0.717, 1.165) is 36.5 Å². The molecule has 1 atom stereocenters. The third-order valence-corrected chi connectivity index (χ3v) is 4.48. The molecule has 1 unspecified atom stereocenters. The van der Waals surface area contributed by atoms with Crippen LogP contribution >= 0.6 is 0 Å². The third kappa shape index (κ3) is 5.14. The van der Waals surface area contributed by atoms with E-state index in [4.69, 9.17) is 4.74 Å². The molecular formula is C21H22F2N2O2. The van der Waals surface area contributed by atoms with Gasteiger partial charge in [-0.05, 0) is 42.8 Å². The van der Waals surface area contributed by atoms with Gasteiger partial charge < -0.3 is 15.0 Å². The molecule has 0 radical (unpaired) electrons. The number of anilines is 1. The summed E-state index contributed by atoms with van der Waals surface area (Å²) in [5.41, 5.74) is 2.24. The van der Waals surface area contributed by atoms with Crippen LogP contribution in [0.2, 0.25) is 0 Å². The first-order valence-electron chi connectivity index (χ1n) is 8.89. The number of halogens is 2. The predicted octanol–water partition coefficient (Wildman–Crippen LogP) is 3.69. The molecule has 0 saturated carbocycles. The Kier molecular flexibility index (Phi) is 6.19. The lowest BCUT2D eigenvalue weighted by Gasteiger charge is -2.29. The molecule has 3 rings (SSSR count). The van der Waals surface area contributed by atoms with E-state index in [1.54, 1.807) is 0 Å². The minimum atomic E-state index is -0.703. The minimum absolute atomic E-state index is 0.161. The average Bonchev–Trinajstić information content (AvgIpc) is 2.68. The van der Waals surface area contributed by atoms with Gasteiger partial charge in [0.15, 0.2) is 0 Å². The normalized spacial score (nSPS) is 15.7. The van der Waals surface area contributed by atoms with Gasteiger partial charge in [-0.2, -0.15) is 0 Å². The molecule has 0 aliphatic carbocycles. The second kappa shape index (κ2) is 8.77. The van der Waals surface area contributed by atoms with Gasteiger partial charge in [-0.25, -0.2) is 8.78 Å². The lowest BCUT2D eigenvalue weighted by Crippen LogP contribution is -2.36. The first-order chi connectivity index (χ1) is 13.0. The fourth-order valence-corrected chi connectivity index (χ4v) is 2.96. The van der Waals surface area contributed by atoms with Crippen molar-refractivity contribution in [3.05, 3.63) is 71.3 Å². The quantitative estimate of drug-likeness (QED) is 0.814. The average molecular weight is 372 g/mol. The molecule has 1 amide bonds. The van der Waals surface area contributed by atoms with E-state index in [9.17, 15) is 13.6 Å². The fourth-order valence-electron chi connectivity index (χ4n) is 2.96. The maximum absolute atomic E-state index is 13.6. The Balaban J connectivity index is 1.63. The Morgan fingerprint density at radius 2 is 1.96 bits per heavy atom. The molecule has 27 heavy (non-hydrogen) atoms. The Labute approximate surface area is 157 Å². The number of amides is 1. The Morgan fingerprint density at radius 1 is 1.19 bits per heavy atom. The Morgan fingerprint density at radius 3 is 2.70 bits per heavy atom. The molecule has 0 aromatic heterocycles. The Bertz CT molecular complexity index is 833. The molecule has 1 saturated heterocycles. The molecule has 2 aromatic carbocycles. The number of ether oxygens (including phenoxy) is 1. The van der Waals surface area contributed by atoms with Gasteiger partial charge in [0.2, 0.25) is 5.91 Å². The van der Waals surface area contributed by atoms with Gasteiger partial charge in [0, 0.05) is 36.5 Å². The molecule has 1 aliphatic rings. The number of carbonyl (C=O) groups excluding carboxylic acids is 1. The highest BCUT2D eigenvalue weighted by atomic mass is 19.1. The number of hydrogen-bond acceptors (Lipinski definition) is 3. The summed E-state index contributed by atoms with van der Waals surface area (Å²) in [5, 5.41) is 2.86. The number of nitrogens with one attached hydrogen (secondary N) is 1. The number of morpholine rings is 1. The molecule has 6 heteroatoms. The Hall–Kier alpha value is -2.73. The molecule has 0 bridgehead atoms. The van der Waals surface area contributed by atoms with Crippen LogP contribution in [0.1, 0.15) is 24.1 Å². The zero-order valence-corrected chi connectivity index (χ0v) is 15.1. The van der Waals surface area contributed by atoms with Crippen molar-refractivity contribution >= 4 is 17.7 Å². The minimum Gasteiger partial charge on any atom is -0.378 e. The molecule has 1 aliphatic heterocycles.